The van der Waals surface area contributed by atoms with E-state index in [-0.39, 0.29) is 37.0 Å². The molecule has 1 aliphatic rings. The SMILES string of the molecule is Cn1ccc(C(=O)CN2C(=O)CCC2=O)c1. The smallest absolute Gasteiger partial charge is 0.230 e. The van der Waals surface area contributed by atoms with Gasteiger partial charge in [0.25, 0.3) is 0 Å². The van der Waals surface area contributed by atoms with Gasteiger partial charge in [-0.25, -0.2) is 0 Å². The second-order valence-corrected chi connectivity index (χ2v) is 3.86. The highest BCUT2D eigenvalue weighted by atomic mass is 16.2. The van der Waals surface area contributed by atoms with Crippen molar-refractivity contribution in [1.29, 1.82) is 0 Å². The van der Waals surface area contributed by atoms with Crippen LogP contribution in [-0.2, 0) is 16.6 Å². The maximum atomic E-state index is 11.7. The summed E-state index contributed by atoms with van der Waals surface area (Å²) in [4.78, 5) is 35.4. The predicted molar refractivity (Wildman–Crippen MR) is 55.7 cm³/mol. The lowest BCUT2D eigenvalue weighted by Crippen LogP contribution is -2.34. The van der Waals surface area contributed by atoms with Crippen LogP contribution in [-0.4, -0.2) is 33.6 Å². The minimum atomic E-state index is -0.255. The molecular formula is C11H12N2O3. The number of rotatable bonds is 3. The van der Waals surface area contributed by atoms with E-state index in [0.29, 0.717) is 5.56 Å². The van der Waals surface area contributed by atoms with E-state index in [9.17, 15) is 14.4 Å². The molecule has 0 spiro atoms. The summed E-state index contributed by atoms with van der Waals surface area (Å²) in [6.07, 6.45) is 3.87. The second kappa shape index (κ2) is 3.92. The van der Waals surface area contributed by atoms with Crippen LogP contribution in [0.4, 0.5) is 0 Å². The monoisotopic (exact) mass is 220 g/mol. The molecule has 0 atom stereocenters. The number of Topliss-reactive ketones (excluding diaryl/α,β-unsaturated/α-hetero) is 1. The van der Waals surface area contributed by atoms with Gasteiger partial charge in [0.2, 0.25) is 11.8 Å². The standard InChI is InChI=1S/C11H12N2O3/c1-12-5-4-8(6-12)9(14)7-13-10(15)2-3-11(13)16/h4-6H,2-3,7H2,1H3. The van der Waals surface area contributed by atoms with Crippen molar-refractivity contribution in [3.63, 3.8) is 0 Å². The number of hydrogen-bond donors (Lipinski definition) is 0. The number of carbonyl (C=O) groups is 3. The minimum absolute atomic E-state index is 0.137. The Morgan fingerprint density at radius 1 is 1.31 bits per heavy atom. The fourth-order valence-corrected chi connectivity index (χ4v) is 1.70. The van der Waals surface area contributed by atoms with Crippen molar-refractivity contribution in [2.75, 3.05) is 6.54 Å². The van der Waals surface area contributed by atoms with Crippen molar-refractivity contribution in [2.24, 2.45) is 7.05 Å². The predicted octanol–water partition coefficient (Wildman–Crippen LogP) is 0.357. The summed E-state index contributed by atoms with van der Waals surface area (Å²) in [7, 11) is 1.81. The third-order valence-electron chi connectivity index (χ3n) is 2.61. The number of amides is 2. The fourth-order valence-electron chi connectivity index (χ4n) is 1.70. The van der Waals surface area contributed by atoms with Crippen molar-refractivity contribution >= 4 is 17.6 Å². The average molecular weight is 220 g/mol. The summed E-state index contributed by atoms with van der Waals surface area (Å²) in [5.41, 5.74) is 0.523. The molecule has 2 rings (SSSR count). The highest BCUT2D eigenvalue weighted by Crippen LogP contribution is 2.12. The first-order valence-corrected chi connectivity index (χ1v) is 5.06. The van der Waals surface area contributed by atoms with Crippen LogP contribution in [0.25, 0.3) is 0 Å². The van der Waals surface area contributed by atoms with Gasteiger partial charge in [-0.1, -0.05) is 0 Å². The van der Waals surface area contributed by atoms with Gasteiger partial charge in [-0.05, 0) is 6.07 Å². The van der Waals surface area contributed by atoms with Gasteiger partial charge in [-0.3, -0.25) is 19.3 Å². The molecule has 2 heterocycles. The molecule has 5 nitrogen and oxygen atoms in total. The van der Waals surface area contributed by atoms with Gasteiger partial charge in [0.1, 0.15) is 0 Å². The third kappa shape index (κ3) is 1.88. The lowest BCUT2D eigenvalue weighted by atomic mass is 10.2. The highest BCUT2D eigenvalue weighted by Gasteiger charge is 2.30. The van der Waals surface area contributed by atoms with Crippen LogP contribution in [0, 0.1) is 0 Å². The zero-order valence-electron chi connectivity index (χ0n) is 8.97. The van der Waals surface area contributed by atoms with E-state index in [1.54, 1.807) is 23.0 Å². The van der Waals surface area contributed by atoms with Crippen molar-refractivity contribution in [1.82, 2.24) is 9.47 Å². The summed E-state index contributed by atoms with van der Waals surface area (Å²) >= 11 is 0. The Hall–Kier alpha value is -1.91. The molecule has 1 aromatic heterocycles. The molecule has 0 unspecified atom stereocenters. The molecule has 5 heteroatoms. The number of nitrogens with zero attached hydrogens (tertiary/aromatic N) is 2. The first-order chi connectivity index (χ1) is 7.58. The van der Waals surface area contributed by atoms with Gasteiger partial charge in [0.05, 0.1) is 6.54 Å². The van der Waals surface area contributed by atoms with Gasteiger partial charge in [-0.2, -0.15) is 0 Å². The van der Waals surface area contributed by atoms with Gasteiger partial charge in [0, 0.05) is 37.8 Å². The largest absolute Gasteiger partial charge is 0.357 e. The van der Waals surface area contributed by atoms with E-state index in [4.69, 9.17) is 0 Å². The molecule has 0 aliphatic carbocycles. The molecule has 2 amide bonds. The Kier molecular flexibility index (Phi) is 2.60. The van der Waals surface area contributed by atoms with Gasteiger partial charge >= 0.3 is 0 Å². The van der Waals surface area contributed by atoms with Crippen LogP contribution in [0.3, 0.4) is 0 Å². The number of ketones is 1. The topological polar surface area (TPSA) is 59.4 Å². The maximum Gasteiger partial charge on any atom is 0.230 e. The summed E-state index contributed by atoms with van der Waals surface area (Å²) in [6.45, 7) is -0.137. The van der Waals surface area contributed by atoms with E-state index in [0.717, 1.165) is 4.90 Å². The molecule has 1 saturated heterocycles. The molecule has 0 saturated carbocycles. The Bertz CT molecular complexity index is 446. The van der Waals surface area contributed by atoms with Gasteiger partial charge in [-0.15, -0.1) is 0 Å². The first kappa shape index (κ1) is 10.6. The van der Waals surface area contributed by atoms with E-state index in [1.165, 1.54) is 0 Å². The van der Waals surface area contributed by atoms with Crippen molar-refractivity contribution in [2.45, 2.75) is 12.8 Å². The summed E-state index contributed by atoms with van der Waals surface area (Å²) in [5.74, 6) is -0.715. The molecule has 1 aliphatic heterocycles. The molecule has 16 heavy (non-hydrogen) atoms. The first-order valence-electron chi connectivity index (χ1n) is 5.06. The van der Waals surface area contributed by atoms with Crippen LogP contribution in [0.15, 0.2) is 18.5 Å². The second-order valence-electron chi connectivity index (χ2n) is 3.86. The third-order valence-corrected chi connectivity index (χ3v) is 2.61. The highest BCUT2D eigenvalue weighted by molar-refractivity contribution is 6.07. The normalized spacial score (nSPS) is 15.9. The van der Waals surface area contributed by atoms with Gasteiger partial charge < -0.3 is 4.57 Å². The molecule has 1 fully saturated rings. The Labute approximate surface area is 92.6 Å². The molecule has 84 valence electrons. The summed E-state index contributed by atoms with van der Waals surface area (Å²) in [6, 6.07) is 1.67. The van der Waals surface area contributed by atoms with Gasteiger partial charge in [0.15, 0.2) is 5.78 Å². The van der Waals surface area contributed by atoms with E-state index >= 15 is 0 Å². The molecule has 0 aromatic carbocycles. The lowest BCUT2D eigenvalue weighted by Gasteiger charge is -2.11. The Balaban J connectivity index is 2.08. The molecule has 0 radical (unpaired) electrons. The molecular weight excluding hydrogens is 208 g/mol. The Morgan fingerprint density at radius 2 is 1.94 bits per heavy atom. The molecule has 1 aromatic rings. The summed E-state index contributed by atoms with van der Waals surface area (Å²) in [5, 5.41) is 0. The van der Waals surface area contributed by atoms with Crippen molar-refractivity contribution in [3.8, 4) is 0 Å². The van der Waals surface area contributed by atoms with Crippen molar-refractivity contribution in [3.05, 3.63) is 24.0 Å². The molecule has 0 N–H and O–H groups in total. The van der Waals surface area contributed by atoms with Crippen LogP contribution in [0.2, 0.25) is 0 Å². The number of imide groups is 1. The van der Waals surface area contributed by atoms with Crippen LogP contribution in [0.1, 0.15) is 23.2 Å². The average Bonchev–Trinajstić information content (AvgIpc) is 2.79. The maximum absolute atomic E-state index is 11.7. The fraction of sp³-hybridized carbons (Fsp3) is 0.364. The number of hydrogen-bond acceptors (Lipinski definition) is 3. The zero-order valence-corrected chi connectivity index (χ0v) is 8.97. The number of carbonyl (C=O) groups excluding carboxylic acids is 3. The van der Waals surface area contributed by atoms with Crippen LogP contribution < -0.4 is 0 Å². The van der Waals surface area contributed by atoms with E-state index < -0.39 is 0 Å². The minimum Gasteiger partial charge on any atom is -0.357 e. The number of likely N-dealkylation sites (tertiary alicyclic amines) is 1. The number of aryl methyl sites for hydroxylation is 1. The van der Waals surface area contributed by atoms with E-state index in [1.807, 2.05) is 7.05 Å². The zero-order chi connectivity index (χ0) is 11.7. The quantitative estimate of drug-likeness (QED) is 0.545. The van der Waals surface area contributed by atoms with Crippen molar-refractivity contribution < 1.29 is 14.4 Å². The summed E-state index contributed by atoms with van der Waals surface area (Å²) < 4.78 is 1.75. The Morgan fingerprint density at radius 3 is 2.44 bits per heavy atom. The van der Waals surface area contributed by atoms with Crippen LogP contribution >= 0.6 is 0 Å². The molecule has 0 bridgehead atoms. The van der Waals surface area contributed by atoms with Crippen LogP contribution in [0.5, 0.6) is 0 Å². The lowest BCUT2D eigenvalue weighted by molar-refractivity contribution is -0.137. The number of aromatic nitrogens is 1. The van der Waals surface area contributed by atoms with E-state index in [2.05, 4.69) is 0 Å².